The summed E-state index contributed by atoms with van der Waals surface area (Å²) in [5, 5.41) is 8.05. The second-order valence-corrected chi connectivity index (χ2v) is 3.03. The molecule has 0 unspecified atom stereocenters. The lowest BCUT2D eigenvalue weighted by Gasteiger charge is -2.29. The zero-order chi connectivity index (χ0) is 8.32. The van der Waals surface area contributed by atoms with Gasteiger partial charge < -0.3 is 9.84 Å². The summed E-state index contributed by atoms with van der Waals surface area (Å²) in [6, 6.07) is 0. The average Bonchev–Trinajstić information content (AvgIpc) is 2.05. The number of alkyl halides is 1. The molecule has 0 spiro atoms. The van der Waals surface area contributed by atoms with Crippen molar-refractivity contribution in [3.63, 3.8) is 0 Å². The second-order valence-electron chi connectivity index (χ2n) is 2.43. The zero-order valence-corrected chi connectivity index (χ0v) is 7.08. The number of methoxy groups -OCH3 is 1. The molecule has 0 bridgehead atoms. The number of halogens is 1. The van der Waals surface area contributed by atoms with Crippen LogP contribution in [-0.4, -0.2) is 23.9 Å². The highest BCUT2D eigenvalue weighted by atomic mass is 35.5. The number of aliphatic hydroxyl groups excluding tert-OH is 1. The summed E-state index contributed by atoms with van der Waals surface area (Å²) in [6.45, 7) is -0.00181. The molecular weight excluding hydrogens is 164 g/mol. The summed E-state index contributed by atoms with van der Waals surface area (Å²) in [4.78, 5) is 0. The van der Waals surface area contributed by atoms with Gasteiger partial charge in [-0.3, -0.25) is 0 Å². The minimum absolute atomic E-state index is 0.00181. The summed E-state index contributed by atoms with van der Waals surface area (Å²) >= 11 is 6.01. The van der Waals surface area contributed by atoms with Crippen molar-refractivity contribution in [2.24, 2.45) is 5.92 Å². The molecule has 0 saturated heterocycles. The fourth-order valence-electron chi connectivity index (χ4n) is 1.04. The molecule has 3 heteroatoms. The van der Waals surface area contributed by atoms with Gasteiger partial charge in [0.05, 0.1) is 6.61 Å². The van der Waals surface area contributed by atoms with Gasteiger partial charge in [-0.1, -0.05) is 29.8 Å². The Morgan fingerprint density at radius 2 is 2.36 bits per heavy atom. The van der Waals surface area contributed by atoms with Gasteiger partial charge in [0.25, 0.3) is 0 Å². The van der Waals surface area contributed by atoms with Crippen molar-refractivity contribution in [1.82, 2.24) is 0 Å². The fraction of sp³-hybridized carbons (Fsp3) is 0.500. The first-order valence-corrected chi connectivity index (χ1v) is 3.81. The Morgan fingerprint density at radius 3 is 2.82 bits per heavy atom. The number of aliphatic hydroxyl groups is 1. The van der Waals surface area contributed by atoms with Gasteiger partial charge in [-0.2, -0.15) is 0 Å². The molecule has 62 valence electrons. The van der Waals surface area contributed by atoms with E-state index in [1.807, 2.05) is 18.2 Å². The molecule has 0 aromatic heterocycles. The Balaban J connectivity index is 2.77. The van der Waals surface area contributed by atoms with Gasteiger partial charge in [0.15, 0.2) is 5.06 Å². The average molecular weight is 175 g/mol. The number of ether oxygens (including phenoxy) is 1. The third kappa shape index (κ3) is 1.64. The van der Waals surface area contributed by atoms with Crippen molar-refractivity contribution in [1.29, 1.82) is 0 Å². The van der Waals surface area contributed by atoms with E-state index in [1.54, 1.807) is 6.08 Å². The van der Waals surface area contributed by atoms with Crippen LogP contribution in [0.4, 0.5) is 0 Å². The molecule has 2 atom stereocenters. The molecule has 0 amide bonds. The molecule has 0 aliphatic heterocycles. The number of hydrogen-bond acceptors (Lipinski definition) is 2. The van der Waals surface area contributed by atoms with Crippen LogP contribution in [0.15, 0.2) is 24.3 Å². The third-order valence-corrected chi connectivity index (χ3v) is 2.35. The van der Waals surface area contributed by atoms with E-state index in [0.29, 0.717) is 0 Å². The van der Waals surface area contributed by atoms with Gasteiger partial charge in [0, 0.05) is 13.0 Å². The van der Waals surface area contributed by atoms with Crippen LogP contribution in [0.25, 0.3) is 0 Å². The van der Waals surface area contributed by atoms with Crippen LogP contribution in [0.1, 0.15) is 0 Å². The highest BCUT2D eigenvalue weighted by molar-refractivity contribution is 6.24. The molecule has 0 heterocycles. The van der Waals surface area contributed by atoms with Crippen molar-refractivity contribution < 1.29 is 9.84 Å². The van der Waals surface area contributed by atoms with Crippen molar-refractivity contribution in [3.8, 4) is 0 Å². The number of rotatable bonds is 2. The monoisotopic (exact) mass is 174 g/mol. The van der Waals surface area contributed by atoms with Crippen LogP contribution in [0.2, 0.25) is 0 Å². The predicted octanol–water partition coefficient (Wildman–Crippen LogP) is 1.30. The molecule has 0 radical (unpaired) electrons. The van der Waals surface area contributed by atoms with Gasteiger partial charge >= 0.3 is 0 Å². The summed E-state index contributed by atoms with van der Waals surface area (Å²) < 4.78 is 5.05. The maximum atomic E-state index is 8.91. The molecule has 2 nitrogen and oxygen atoms in total. The van der Waals surface area contributed by atoms with Crippen molar-refractivity contribution >= 4 is 11.6 Å². The SMILES string of the molecule is CO[C@@]1(Cl)C=CC=C[C@H]1CO. The molecule has 0 aromatic rings. The Morgan fingerprint density at radius 1 is 1.64 bits per heavy atom. The van der Waals surface area contributed by atoms with E-state index in [4.69, 9.17) is 21.4 Å². The standard InChI is InChI=1S/C8H11ClO2/c1-11-8(9)5-3-2-4-7(8)6-10/h2-5,7,10H,6H2,1H3/t7-,8-/m0/s1. The Kier molecular flexibility index (Phi) is 2.71. The molecule has 1 rings (SSSR count). The van der Waals surface area contributed by atoms with E-state index in [1.165, 1.54) is 7.11 Å². The molecule has 1 aliphatic carbocycles. The minimum Gasteiger partial charge on any atom is -0.396 e. The highest BCUT2D eigenvalue weighted by Crippen LogP contribution is 2.31. The van der Waals surface area contributed by atoms with Crippen molar-refractivity contribution in [3.05, 3.63) is 24.3 Å². The van der Waals surface area contributed by atoms with Crippen LogP contribution in [-0.2, 0) is 4.74 Å². The maximum absolute atomic E-state index is 8.91. The first-order valence-electron chi connectivity index (χ1n) is 3.44. The lowest BCUT2D eigenvalue weighted by atomic mass is 9.98. The zero-order valence-electron chi connectivity index (χ0n) is 6.33. The van der Waals surface area contributed by atoms with Gasteiger partial charge in [-0.05, 0) is 6.08 Å². The first-order chi connectivity index (χ1) is 5.23. The quantitative estimate of drug-likeness (QED) is 0.640. The van der Waals surface area contributed by atoms with Crippen LogP contribution >= 0.6 is 11.6 Å². The molecule has 11 heavy (non-hydrogen) atoms. The van der Waals surface area contributed by atoms with Crippen LogP contribution in [0.5, 0.6) is 0 Å². The molecule has 0 fully saturated rings. The lowest BCUT2D eigenvalue weighted by Crippen LogP contribution is -2.34. The Hall–Kier alpha value is -0.310. The maximum Gasteiger partial charge on any atom is 0.168 e. The topological polar surface area (TPSA) is 29.5 Å². The van der Waals surface area contributed by atoms with Crippen molar-refractivity contribution in [2.75, 3.05) is 13.7 Å². The smallest absolute Gasteiger partial charge is 0.168 e. The Labute approximate surface area is 71.1 Å². The molecular formula is C8H11ClO2. The fourth-order valence-corrected chi connectivity index (χ4v) is 1.26. The van der Waals surface area contributed by atoms with Gasteiger partial charge in [-0.15, -0.1) is 0 Å². The van der Waals surface area contributed by atoms with Crippen molar-refractivity contribution in [2.45, 2.75) is 5.06 Å². The summed E-state index contributed by atoms with van der Waals surface area (Å²) in [6.07, 6.45) is 7.22. The molecule has 1 aliphatic rings. The molecule has 0 aromatic carbocycles. The highest BCUT2D eigenvalue weighted by Gasteiger charge is 2.33. The molecule has 0 saturated carbocycles. The van der Waals surface area contributed by atoms with E-state index >= 15 is 0 Å². The summed E-state index contributed by atoms with van der Waals surface area (Å²) in [7, 11) is 1.53. The number of allylic oxidation sites excluding steroid dienone is 2. The van der Waals surface area contributed by atoms with Crippen LogP contribution < -0.4 is 0 Å². The third-order valence-electron chi connectivity index (χ3n) is 1.79. The van der Waals surface area contributed by atoms with E-state index in [2.05, 4.69) is 0 Å². The van der Waals surface area contributed by atoms with Gasteiger partial charge in [-0.25, -0.2) is 0 Å². The normalized spacial score (nSPS) is 36.1. The van der Waals surface area contributed by atoms with Gasteiger partial charge in [0.1, 0.15) is 0 Å². The second kappa shape index (κ2) is 3.39. The first kappa shape index (κ1) is 8.78. The largest absolute Gasteiger partial charge is 0.396 e. The lowest BCUT2D eigenvalue weighted by molar-refractivity contribution is 0.0444. The predicted molar refractivity (Wildman–Crippen MR) is 44.4 cm³/mol. The molecule has 1 N–H and O–H groups in total. The van der Waals surface area contributed by atoms with E-state index in [0.717, 1.165) is 0 Å². The van der Waals surface area contributed by atoms with Crippen LogP contribution in [0, 0.1) is 5.92 Å². The van der Waals surface area contributed by atoms with Crippen LogP contribution in [0.3, 0.4) is 0 Å². The Bertz CT molecular complexity index is 189. The number of hydrogen-bond donors (Lipinski definition) is 1. The van der Waals surface area contributed by atoms with E-state index in [-0.39, 0.29) is 12.5 Å². The van der Waals surface area contributed by atoms with Gasteiger partial charge in [0.2, 0.25) is 0 Å². The van der Waals surface area contributed by atoms with E-state index in [9.17, 15) is 0 Å². The summed E-state index contributed by atoms with van der Waals surface area (Å²) in [5.41, 5.74) is 0. The minimum atomic E-state index is -0.858. The van der Waals surface area contributed by atoms with E-state index < -0.39 is 5.06 Å². The summed E-state index contributed by atoms with van der Waals surface area (Å²) in [5.74, 6) is -0.154.